The van der Waals surface area contributed by atoms with Crippen LogP contribution in [-0.2, 0) is 32.6 Å². The number of halogens is 2. The number of amides is 1. The van der Waals surface area contributed by atoms with Crippen LogP contribution in [-0.4, -0.2) is 88.9 Å². The Bertz CT molecular complexity index is 1190. The molecule has 0 aromatic carbocycles. The van der Waals surface area contributed by atoms with Gasteiger partial charge in [0.15, 0.2) is 0 Å². The van der Waals surface area contributed by atoms with Crippen molar-refractivity contribution in [3.8, 4) is 0 Å². The first kappa shape index (κ1) is 34.6. The van der Waals surface area contributed by atoms with Gasteiger partial charge in [0.2, 0.25) is 5.91 Å². The zero-order valence-corrected chi connectivity index (χ0v) is 26.6. The highest BCUT2D eigenvalue weighted by atomic mass is 35.5. The molecule has 3 heterocycles. The normalized spacial score (nSPS) is 16.3. The van der Waals surface area contributed by atoms with Gasteiger partial charge in [-0.1, -0.05) is 31.5 Å². The number of anilines is 1. The summed E-state index contributed by atoms with van der Waals surface area (Å²) in [6, 6.07) is 3.12. The second-order valence-corrected chi connectivity index (χ2v) is 11.3. The number of hydrogen-bond donors (Lipinski definition) is 3. The molecule has 1 amide bonds. The Morgan fingerprint density at radius 1 is 1.23 bits per heavy atom. The van der Waals surface area contributed by atoms with Crippen molar-refractivity contribution in [2.75, 3.05) is 45.3 Å². The molecule has 238 valence electrons. The Balaban J connectivity index is 0.00000248. The largest absolute Gasteiger partial charge is 0.480 e. The molecule has 12 heteroatoms. The highest BCUT2D eigenvalue weighted by molar-refractivity contribution is 6.30. The molecule has 0 spiro atoms. The summed E-state index contributed by atoms with van der Waals surface area (Å²) >= 11 is 6.30. The molecule has 2 aliphatic rings. The quantitative estimate of drug-likeness (QED) is 0.183. The van der Waals surface area contributed by atoms with Crippen molar-refractivity contribution in [2.45, 2.75) is 89.7 Å². The molecule has 3 N–H and O–H groups in total. The monoisotopic (exact) mass is 620 g/mol. The third-order valence-electron chi connectivity index (χ3n) is 8.07. The predicted molar refractivity (Wildman–Crippen MR) is 165 cm³/mol. The maximum absolute atomic E-state index is 13.5. The van der Waals surface area contributed by atoms with Gasteiger partial charge in [0.05, 0.1) is 11.5 Å². The van der Waals surface area contributed by atoms with E-state index < -0.39 is 30.2 Å². The zero-order valence-electron chi connectivity index (χ0n) is 25.8. The number of aryl methyl sites for hydroxylation is 3. The maximum atomic E-state index is 13.5. The number of methoxy groups -OCH3 is 1. The van der Waals surface area contributed by atoms with Gasteiger partial charge in [0.25, 0.3) is 0 Å². The Kier molecular flexibility index (Phi) is 13.5. The average molecular weight is 621 g/mol. The zero-order chi connectivity index (χ0) is 31.4. The third kappa shape index (κ3) is 9.30. The van der Waals surface area contributed by atoms with E-state index in [0.29, 0.717) is 43.7 Å². The fraction of sp³-hybridized carbons (Fsp3) is 0.645. The van der Waals surface area contributed by atoms with Crippen molar-refractivity contribution >= 4 is 29.3 Å². The van der Waals surface area contributed by atoms with Crippen LogP contribution in [0.15, 0.2) is 18.5 Å². The molecule has 2 atom stereocenters. The molecule has 2 unspecified atom stereocenters. The number of aliphatic carboxylic acids is 1. The first-order valence-electron chi connectivity index (χ1n) is 15.3. The van der Waals surface area contributed by atoms with E-state index in [9.17, 15) is 19.1 Å². The van der Waals surface area contributed by atoms with Gasteiger partial charge in [-0.25, -0.2) is 24.1 Å². The molecule has 2 aromatic rings. The molecular weight excluding hydrogens is 575 g/mol. The number of pyridine rings is 1. The standard InChI is InChI=1S/C29H40ClFN6O4.C2H6/c1-19-24(25(30)34-18-33-19)29(11-12-29)28(40)36-23(27(38)39)10-15-37(17-22(16-31)41-2)14-4-3-7-21-9-8-20-6-5-13-32-26(20)35-21;1-2/h8-9,18,22-23H,3-7,10-17H2,1-2H3,(H,32,35)(H,36,40)(H,38,39);1-2H3. The SMILES string of the molecule is CC.COC(CF)CN(CCCCc1ccc2c(n1)NCCC2)CCC(NC(=O)C1(c2c(C)ncnc2Cl)CC1)C(=O)O. The van der Waals surface area contributed by atoms with Crippen LogP contribution in [0.25, 0.3) is 0 Å². The van der Waals surface area contributed by atoms with E-state index >= 15 is 0 Å². The summed E-state index contributed by atoms with van der Waals surface area (Å²) in [6.45, 7) is 7.40. The van der Waals surface area contributed by atoms with Gasteiger partial charge >= 0.3 is 5.97 Å². The topological polar surface area (TPSA) is 130 Å². The summed E-state index contributed by atoms with van der Waals surface area (Å²) in [5.41, 5.74) is 2.54. The fourth-order valence-electron chi connectivity index (χ4n) is 5.49. The summed E-state index contributed by atoms with van der Waals surface area (Å²) in [7, 11) is 1.47. The van der Waals surface area contributed by atoms with Crippen molar-refractivity contribution in [3.05, 3.63) is 46.1 Å². The Morgan fingerprint density at radius 2 is 2.00 bits per heavy atom. The number of rotatable bonds is 16. The van der Waals surface area contributed by atoms with Crippen LogP contribution in [0.3, 0.4) is 0 Å². The molecule has 43 heavy (non-hydrogen) atoms. The lowest BCUT2D eigenvalue weighted by Gasteiger charge is -2.27. The summed E-state index contributed by atoms with van der Waals surface area (Å²) < 4.78 is 18.7. The minimum Gasteiger partial charge on any atom is -0.480 e. The molecule has 4 rings (SSSR count). The van der Waals surface area contributed by atoms with Gasteiger partial charge in [0.1, 0.15) is 30.0 Å². The first-order valence-corrected chi connectivity index (χ1v) is 15.7. The second-order valence-electron chi connectivity index (χ2n) is 11.0. The molecule has 1 aliphatic carbocycles. The number of ether oxygens (including phenoxy) is 1. The van der Waals surface area contributed by atoms with Gasteiger partial charge < -0.3 is 25.4 Å². The van der Waals surface area contributed by atoms with Crippen LogP contribution in [0.5, 0.6) is 0 Å². The average Bonchev–Trinajstić information content (AvgIpc) is 3.82. The Morgan fingerprint density at radius 3 is 2.65 bits per heavy atom. The molecule has 0 bridgehead atoms. The van der Waals surface area contributed by atoms with Gasteiger partial charge in [-0.05, 0) is 76.5 Å². The number of carbonyl (C=O) groups excluding carboxylic acids is 1. The molecule has 10 nitrogen and oxygen atoms in total. The van der Waals surface area contributed by atoms with Gasteiger partial charge in [0, 0.05) is 43.7 Å². The molecule has 0 saturated heterocycles. The number of carbonyl (C=O) groups is 2. The van der Waals surface area contributed by atoms with E-state index in [1.54, 1.807) is 6.92 Å². The second kappa shape index (κ2) is 16.8. The summed E-state index contributed by atoms with van der Waals surface area (Å²) in [6.07, 6.45) is 6.69. The molecule has 1 saturated carbocycles. The lowest BCUT2D eigenvalue weighted by Crippen LogP contribution is -2.48. The lowest BCUT2D eigenvalue weighted by molar-refractivity contribution is -0.142. The number of nitrogens with zero attached hydrogens (tertiary/aromatic N) is 4. The molecular formula is C31H46ClFN6O4. The first-order chi connectivity index (χ1) is 20.8. The Hall–Kier alpha value is -2.89. The minimum absolute atomic E-state index is 0.163. The van der Waals surface area contributed by atoms with E-state index in [1.807, 2.05) is 18.7 Å². The predicted octanol–water partition coefficient (Wildman–Crippen LogP) is 4.52. The number of aromatic nitrogens is 3. The molecule has 1 fully saturated rings. The van der Waals surface area contributed by atoms with Crippen LogP contribution in [0.1, 0.15) is 74.9 Å². The molecule has 2 aromatic heterocycles. The van der Waals surface area contributed by atoms with Crippen molar-refractivity contribution in [3.63, 3.8) is 0 Å². The summed E-state index contributed by atoms with van der Waals surface area (Å²) in [5.74, 6) is -0.530. The molecule has 0 radical (unpaired) electrons. The number of unbranched alkanes of at least 4 members (excludes halogenated alkanes) is 1. The number of carboxylic acids is 1. The fourth-order valence-corrected chi connectivity index (χ4v) is 5.85. The number of hydrogen-bond acceptors (Lipinski definition) is 8. The maximum Gasteiger partial charge on any atom is 0.326 e. The van der Waals surface area contributed by atoms with E-state index in [1.165, 1.54) is 19.0 Å². The number of nitrogens with one attached hydrogen (secondary N) is 2. The smallest absolute Gasteiger partial charge is 0.326 e. The Labute approximate surface area is 259 Å². The third-order valence-corrected chi connectivity index (χ3v) is 8.35. The van der Waals surface area contributed by atoms with Crippen LogP contribution < -0.4 is 10.6 Å². The van der Waals surface area contributed by atoms with E-state index in [2.05, 4.69) is 32.7 Å². The summed E-state index contributed by atoms with van der Waals surface area (Å²) in [4.78, 5) is 40.4. The molecule has 1 aliphatic heterocycles. The lowest BCUT2D eigenvalue weighted by atomic mass is 9.94. The highest BCUT2D eigenvalue weighted by Crippen LogP contribution is 2.51. The van der Waals surface area contributed by atoms with Crippen molar-refractivity contribution in [1.29, 1.82) is 0 Å². The van der Waals surface area contributed by atoms with Crippen LogP contribution in [0, 0.1) is 6.92 Å². The van der Waals surface area contributed by atoms with E-state index in [4.69, 9.17) is 21.3 Å². The minimum atomic E-state index is -1.12. The van der Waals surface area contributed by atoms with Gasteiger partial charge in [-0.15, -0.1) is 0 Å². The van der Waals surface area contributed by atoms with Crippen molar-refractivity contribution in [2.24, 2.45) is 0 Å². The van der Waals surface area contributed by atoms with Crippen LogP contribution in [0.2, 0.25) is 5.15 Å². The van der Waals surface area contributed by atoms with Crippen molar-refractivity contribution < 1.29 is 23.8 Å². The van der Waals surface area contributed by atoms with Crippen LogP contribution in [0.4, 0.5) is 10.2 Å². The number of fused-ring (bicyclic) bond motifs is 1. The number of carboxylic acid groups (broad SMARTS) is 1. The van der Waals surface area contributed by atoms with Gasteiger partial charge in [-0.2, -0.15) is 0 Å². The van der Waals surface area contributed by atoms with Crippen LogP contribution >= 0.6 is 11.6 Å². The highest BCUT2D eigenvalue weighted by Gasteiger charge is 2.54. The van der Waals surface area contributed by atoms with Gasteiger partial charge in [-0.3, -0.25) is 4.79 Å². The van der Waals surface area contributed by atoms with E-state index in [-0.39, 0.29) is 17.5 Å². The number of alkyl halides is 1. The summed E-state index contributed by atoms with van der Waals surface area (Å²) in [5, 5.41) is 16.2. The van der Waals surface area contributed by atoms with E-state index in [0.717, 1.165) is 50.2 Å². The van der Waals surface area contributed by atoms with Crippen molar-refractivity contribution in [1.82, 2.24) is 25.2 Å².